The zero-order valence-electron chi connectivity index (χ0n) is 12.1. The summed E-state index contributed by atoms with van der Waals surface area (Å²) in [5.41, 5.74) is 0.256. The van der Waals surface area contributed by atoms with Crippen LogP contribution in [-0.4, -0.2) is 29.1 Å². The summed E-state index contributed by atoms with van der Waals surface area (Å²) in [7, 11) is -3.85. The second kappa shape index (κ2) is 5.65. The Labute approximate surface area is 136 Å². The summed E-state index contributed by atoms with van der Waals surface area (Å²) in [5, 5.41) is 21.4. The summed E-state index contributed by atoms with van der Waals surface area (Å²) in [4.78, 5) is 20.1. The van der Waals surface area contributed by atoms with E-state index in [0.29, 0.717) is 5.56 Å². The van der Waals surface area contributed by atoms with Crippen molar-refractivity contribution in [1.29, 1.82) is 0 Å². The van der Waals surface area contributed by atoms with Gasteiger partial charge in [-0.2, -0.15) is 4.31 Å². The minimum Gasteiger partial charge on any atom is -0.258 e. The third-order valence-corrected chi connectivity index (χ3v) is 5.56. The Balaban J connectivity index is 1.84. The van der Waals surface area contributed by atoms with Gasteiger partial charge in [0, 0.05) is 30.8 Å². The molecule has 24 heavy (non-hydrogen) atoms. The average molecular weight is 349 g/mol. The Morgan fingerprint density at radius 3 is 2.17 bits per heavy atom. The average Bonchev–Trinajstić information content (AvgIpc) is 3.36. The van der Waals surface area contributed by atoms with E-state index in [-0.39, 0.29) is 22.8 Å². The van der Waals surface area contributed by atoms with Crippen molar-refractivity contribution in [1.82, 2.24) is 4.31 Å². The molecule has 2 aromatic carbocycles. The molecule has 0 spiro atoms. The van der Waals surface area contributed by atoms with Gasteiger partial charge in [-0.15, -0.1) is 0 Å². The Morgan fingerprint density at radius 2 is 1.58 bits per heavy atom. The largest absolute Gasteiger partial charge is 0.270 e. The summed E-state index contributed by atoms with van der Waals surface area (Å²) < 4.78 is 26.2. The monoisotopic (exact) mass is 349 g/mol. The first kappa shape index (κ1) is 16.0. The highest BCUT2D eigenvalue weighted by molar-refractivity contribution is 7.89. The van der Waals surface area contributed by atoms with E-state index in [2.05, 4.69) is 0 Å². The highest BCUT2D eigenvalue weighted by Crippen LogP contribution is 2.41. The van der Waals surface area contributed by atoms with Gasteiger partial charge in [-0.25, -0.2) is 8.42 Å². The fourth-order valence-electron chi connectivity index (χ4n) is 2.37. The van der Waals surface area contributed by atoms with E-state index in [0.717, 1.165) is 6.07 Å². The molecule has 1 aliphatic rings. The van der Waals surface area contributed by atoms with Crippen LogP contribution in [0.3, 0.4) is 0 Å². The van der Waals surface area contributed by atoms with Crippen LogP contribution < -0.4 is 0 Å². The first-order valence-electron chi connectivity index (χ1n) is 6.81. The van der Waals surface area contributed by atoms with E-state index in [4.69, 9.17) is 0 Å². The Hall–Kier alpha value is -2.85. The van der Waals surface area contributed by atoms with Gasteiger partial charge in [0.15, 0.2) is 0 Å². The van der Waals surface area contributed by atoms with Gasteiger partial charge in [0.2, 0.25) is 10.0 Å². The molecule has 10 heteroatoms. The molecule has 1 aliphatic heterocycles. The summed E-state index contributed by atoms with van der Waals surface area (Å²) >= 11 is 0. The first-order chi connectivity index (χ1) is 11.3. The van der Waals surface area contributed by atoms with Crippen LogP contribution in [0.4, 0.5) is 11.4 Å². The van der Waals surface area contributed by atoms with Crippen LogP contribution in [0.25, 0.3) is 0 Å². The van der Waals surface area contributed by atoms with E-state index in [1.54, 1.807) is 0 Å². The predicted octanol–water partition coefficient (Wildman–Crippen LogP) is 2.25. The number of nitrogens with zero attached hydrogens (tertiary/aromatic N) is 3. The van der Waals surface area contributed by atoms with E-state index >= 15 is 0 Å². The molecule has 0 saturated carbocycles. The van der Waals surface area contributed by atoms with Crippen molar-refractivity contribution in [2.75, 3.05) is 6.54 Å². The van der Waals surface area contributed by atoms with Crippen molar-refractivity contribution in [2.24, 2.45) is 0 Å². The van der Waals surface area contributed by atoms with E-state index < -0.39 is 25.9 Å². The third kappa shape index (κ3) is 2.84. The van der Waals surface area contributed by atoms with Crippen LogP contribution in [0.1, 0.15) is 11.6 Å². The van der Waals surface area contributed by atoms with Gasteiger partial charge in [0.05, 0.1) is 20.8 Å². The molecule has 3 rings (SSSR count). The lowest BCUT2D eigenvalue weighted by Gasteiger charge is -2.06. The molecule has 1 heterocycles. The summed E-state index contributed by atoms with van der Waals surface area (Å²) in [6.07, 6.45) is 0. The van der Waals surface area contributed by atoms with Crippen LogP contribution in [0.5, 0.6) is 0 Å². The van der Waals surface area contributed by atoms with Crippen LogP contribution in [-0.2, 0) is 10.0 Å². The summed E-state index contributed by atoms with van der Waals surface area (Å²) in [5.74, 6) is 0. The van der Waals surface area contributed by atoms with Crippen molar-refractivity contribution in [3.8, 4) is 0 Å². The molecule has 0 aliphatic carbocycles. The molecule has 2 unspecified atom stereocenters. The Kier molecular flexibility index (Phi) is 3.78. The number of rotatable bonds is 5. The highest BCUT2D eigenvalue weighted by Gasteiger charge is 2.45. The van der Waals surface area contributed by atoms with Crippen molar-refractivity contribution in [2.45, 2.75) is 10.9 Å². The zero-order chi connectivity index (χ0) is 17.5. The van der Waals surface area contributed by atoms with Gasteiger partial charge in [0.1, 0.15) is 0 Å². The SMILES string of the molecule is O=[N+]([O-])c1ccc(C2CN2S(=O)(=O)c2cccc([N+](=O)[O-])c2)cc1. The van der Waals surface area contributed by atoms with Crippen molar-refractivity contribution in [3.05, 3.63) is 74.3 Å². The normalized spacial score (nSPS) is 19.7. The lowest BCUT2D eigenvalue weighted by molar-refractivity contribution is -0.385. The van der Waals surface area contributed by atoms with Crippen LogP contribution in [0.15, 0.2) is 53.4 Å². The van der Waals surface area contributed by atoms with Gasteiger partial charge >= 0.3 is 0 Å². The number of sulfonamides is 1. The zero-order valence-corrected chi connectivity index (χ0v) is 12.9. The fourth-order valence-corrected chi connectivity index (χ4v) is 3.96. The number of non-ortho nitro benzene ring substituents is 2. The van der Waals surface area contributed by atoms with Gasteiger partial charge < -0.3 is 0 Å². The summed E-state index contributed by atoms with van der Waals surface area (Å²) in [6, 6.07) is 10.1. The molecule has 2 atom stereocenters. The summed E-state index contributed by atoms with van der Waals surface area (Å²) in [6.45, 7) is 0.225. The number of nitro groups is 2. The van der Waals surface area contributed by atoms with E-state index in [9.17, 15) is 28.6 Å². The topological polar surface area (TPSA) is 123 Å². The molecule has 2 aromatic rings. The molecule has 1 fully saturated rings. The number of hydrogen-bond acceptors (Lipinski definition) is 6. The third-order valence-electron chi connectivity index (χ3n) is 3.69. The quantitative estimate of drug-likeness (QED) is 0.463. The van der Waals surface area contributed by atoms with Gasteiger partial charge in [-0.3, -0.25) is 20.2 Å². The van der Waals surface area contributed by atoms with E-state index in [1.807, 2.05) is 0 Å². The molecule has 0 bridgehead atoms. The first-order valence-corrected chi connectivity index (χ1v) is 8.25. The molecule has 0 aromatic heterocycles. The maximum Gasteiger partial charge on any atom is 0.270 e. The predicted molar refractivity (Wildman–Crippen MR) is 82.8 cm³/mol. The lowest BCUT2D eigenvalue weighted by Crippen LogP contribution is -2.13. The smallest absolute Gasteiger partial charge is 0.258 e. The highest BCUT2D eigenvalue weighted by atomic mass is 32.2. The molecular weight excluding hydrogens is 338 g/mol. The van der Waals surface area contributed by atoms with Crippen molar-refractivity contribution >= 4 is 21.4 Å². The lowest BCUT2D eigenvalue weighted by atomic mass is 10.1. The minimum absolute atomic E-state index is 0.0764. The van der Waals surface area contributed by atoms with Crippen LogP contribution in [0, 0.1) is 20.2 Å². The van der Waals surface area contributed by atoms with Gasteiger partial charge in [-0.1, -0.05) is 18.2 Å². The standard InChI is InChI=1S/C14H11N3O6S/c18-16(19)11-6-4-10(5-7-11)14-9-15(14)24(22,23)13-3-1-2-12(8-13)17(20)21/h1-8,14H,9H2. The second-order valence-corrected chi connectivity index (χ2v) is 7.08. The Morgan fingerprint density at radius 1 is 0.958 bits per heavy atom. The van der Waals surface area contributed by atoms with Crippen molar-refractivity contribution in [3.63, 3.8) is 0 Å². The number of nitro benzene ring substituents is 2. The molecular formula is C14H11N3O6S. The molecule has 124 valence electrons. The maximum absolute atomic E-state index is 12.5. The molecule has 0 N–H and O–H groups in total. The number of hydrogen-bond donors (Lipinski definition) is 0. The van der Waals surface area contributed by atoms with E-state index in [1.165, 1.54) is 46.8 Å². The molecule has 1 saturated heterocycles. The van der Waals surface area contributed by atoms with Gasteiger partial charge in [-0.05, 0) is 11.6 Å². The van der Waals surface area contributed by atoms with Crippen LogP contribution >= 0.6 is 0 Å². The fraction of sp³-hybridized carbons (Fsp3) is 0.143. The minimum atomic E-state index is -3.85. The molecule has 0 amide bonds. The maximum atomic E-state index is 12.5. The number of benzene rings is 2. The van der Waals surface area contributed by atoms with Crippen LogP contribution in [0.2, 0.25) is 0 Å². The molecule has 0 radical (unpaired) electrons. The van der Waals surface area contributed by atoms with Gasteiger partial charge in [0.25, 0.3) is 11.4 Å². The Bertz CT molecular complexity index is 926. The van der Waals surface area contributed by atoms with Crippen molar-refractivity contribution < 1.29 is 18.3 Å². The second-order valence-electron chi connectivity index (χ2n) is 5.19. The molecule has 9 nitrogen and oxygen atoms in total.